The minimum absolute atomic E-state index is 0.490. The Kier molecular flexibility index (Phi) is 6.53. The minimum Gasteiger partial charge on any atom is -0.469 e. The van der Waals surface area contributed by atoms with Gasteiger partial charge in [0.05, 0.1) is 20.6 Å². The van der Waals surface area contributed by atoms with Gasteiger partial charge in [-0.15, -0.1) is 0 Å². The van der Waals surface area contributed by atoms with Gasteiger partial charge in [0.1, 0.15) is 12.2 Å². The van der Waals surface area contributed by atoms with E-state index in [9.17, 15) is 18.9 Å². The van der Waals surface area contributed by atoms with Crippen molar-refractivity contribution in [2.75, 3.05) is 20.4 Å². The van der Waals surface area contributed by atoms with Gasteiger partial charge < -0.3 is 24.6 Å². The van der Waals surface area contributed by atoms with Crippen LogP contribution < -0.4 is 5.32 Å². The van der Waals surface area contributed by atoms with Crippen LogP contribution in [-0.2, 0) is 28.4 Å². The van der Waals surface area contributed by atoms with E-state index in [4.69, 9.17) is 9.79 Å². The van der Waals surface area contributed by atoms with E-state index in [-0.39, 0.29) is 0 Å². The first kappa shape index (κ1) is 16.6. The molecule has 0 aliphatic rings. The summed E-state index contributed by atoms with van der Waals surface area (Å²) >= 11 is 0. The third kappa shape index (κ3) is 7.00. The molecule has 0 aromatic carbocycles. The van der Waals surface area contributed by atoms with E-state index in [2.05, 4.69) is 9.47 Å². The number of hydrogen-bond donors (Lipinski definition) is 3. The van der Waals surface area contributed by atoms with Crippen LogP contribution in [0.25, 0.3) is 0 Å². The molecule has 0 bridgehead atoms. The highest BCUT2D eigenvalue weighted by Crippen LogP contribution is 2.33. The molecule has 1 amide bonds. The quantitative estimate of drug-likeness (QED) is 0.390. The topological polar surface area (TPSA) is 139 Å². The van der Waals surface area contributed by atoms with Crippen LogP contribution in [0.3, 0.4) is 0 Å². The average molecular weight is 283 g/mol. The first-order valence-corrected chi connectivity index (χ1v) is 6.48. The van der Waals surface area contributed by atoms with E-state index in [0.717, 1.165) is 14.2 Å². The number of methoxy groups -OCH3 is 2. The zero-order chi connectivity index (χ0) is 14.3. The molecule has 104 valence electrons. The molecule has 0 aromatic rings. The molecule has 0 spiro atoms. The Bertz CT molecular complexity index is 375. The summed E-state index contributed by atoms with van der Waals surface area (Å²) in [5, 5.41) is 1.98. The standard InChI is InChI=1S/C8H14NO8P/c1-16-7(11)3-5(8(12)17-2)9-6(10)4-18(13,14)15/h5H,3-4H2,1-2H3,(H,9,10)(H2,13,14,15)/t5-/m0/s1. The fourth-order valence-corrected chi connectivity index (χ4v) is 1.48. The summed E-state index contributed by atoms with van der Waals surface area (Å²) in [4.78, 5) is 50.5. The Labute approximate surface area is 103 Å². The normalized spacial score (nSPS) is 12.4. The molecule has 0 aromatic heterocycles. The molecule has 18 heavy (non-hydrogen) atoms. The number of carbonyl (C=O) groups excluding carboxylic acids is 3. The van der Waals surface area contributed by atoms with Crippen LogP contribution in [0.5, 0.6) is 0 Å². The summed E-state index contributed by atoms with van der Waals surface area (Å²) < 4.78 is 19.2. The second-order valence-corrected chi connectivity index (χ2v) is 4.89. The molecule has 0 aliphatic carbocycles. The summed E-state index contributed by atoms with van der Waals surface area (Å²) in [5.74, 6) is -2.76. The molecule has 0 saturated carbocycles. The Morgan fingerprint density at radius 1 is 1.22 bits per heavy atom. The smallest absolute Gasteiger partial charge is 0.334 e. The molecule has 0 fully saturated rings. The van der Waals surface area contributed by atoms with Gasteiger partial charge in [-0.1, -0.05) is 0 Å². The third-order valence-electron chi connectivity index (χ3n) is 1.77. The number of carbonyl (C=O) groups is 3. The molecular weight excluding hydrogens is 269 g/mol. The minimum atomic E-state index is -4.54. The van der Waals surface area contributed by atoms with Crippen LogP contribution in [0.1, 0.15) is 6.42 Å². The van der Waals surface area contributed by atoms with Crippen molar-refractivity contribution in [2.45, 2.75) is 12.5 Å². The first-order chi connectivity index (χ1) is 8.19. The molecule has 0 heterocycles. The molecule has 0 rings (SSSR count). The SMILES string of the molecule is COC(=O)C[C@H](NC(=O)CP(=O)(O)O)C(=O)OC. The van der Waals surface area contributed by atoms with E-state index in [1.165, 1.54) is 0 Å². The van der Waals surface area contributed by atoms with Crippen LogP contribution in [-0.4, -0.2) is 54.1 Å². The predicted molar refractivity (Wildman–Crippen MR) is 57.5 cm³/mol. The fraction of sp³-hybridized carbons (Fsp3) is 0.625. The largest absolute Gasteiger partial charge is 0.469 e. The summed E-state index contributed by atoms with van der Waals surface area (Å²) in [6.45, 7) is 0. The lowest BCUT2D eigenvalue weighted by Crippen LogP contribution is -2.44. The highest BCUT2D eigenvalue weighted by atomic mass is 31.2. The van der Waals surface area contributed by atoms with Gasteiger partial charge in [-0.3, -0.25) is 14.2 Å². The lowest BCUT2D eigenvalue weighted by Gasteiger charge is -2.15. The van der Waals surface area contributed by atoms with Crippen molar-refractivity contribution in [3.63, 3.8) is 0 Å². The van der Waals surface area contributed by atoms with Crippen molar-refractivity contribution in [3.05, 3.63) is 0 Å². The van der Waals surface area contributed by atoms with Gasteiger partial charge >= 0.3 is 19.5 Å². The maximum absolute atomic E-state index is 11.2. The number of nitrogens with one attached hydrogen (secondary N) is 1. The third-order valence-corrected chi connectivity index (χ3v) is 2.47. The summed E-state index contributed by atoms with van der Waals surface area (Å²) in [5.41, 5.74) is 0. The molecule has 1 atom stereocenters. The van der Waals surface area contributed by atoms with Crippen molar-refractivity contribution in [1.82, 2.24) is 5.32 Å². The second kappa shape index (κ2) is 7.10. The highest BCUT2D eigenvalue weighted by molar-refractivity contribution is 7.52. The zero-order valence-corrected chi connectivity index (χ0v) is 10.7. The molecule has 3 N–H and O–H groups in total. The van der Waals surface area contributed by atoms with Crippen LogP contribution in [0.15, 0.2) is 0 Å². The second-order valence-electron chi connectivity index (χ2n) is 3.25. The van der Waals surface area contributed by atoms with Gasteiger partial charge in [-0.25, -0.2) is 4.79 Å². The van der Waals surface area contributed by atoms with Gasteiger partial charge in [-0.2, -0.15) is 0 Å². The highest BCUT2D eigenvalue weighted by Gasteiger charge is 2.27. The van der Waals surface area contributed by atoms with E-state index in [0.29, 0.717) is 0 Å². The summed E-state index contributed by atoms with van der Waals surface area (Å²) in [6, 6.07) is -1.35. The van der Waals surface area contributed by atoms with E-state index in [1.54, 1.807) is 0 Å². The number of esters is 2. The fourth-order valence-electron chi connectivity index (χ4n) is 1.01. The van der Waals surface area contributed by atoms with Crippen molar-refractivity contribution in [2.24, 2.45) is 0 Å². The predicted octanol–water partition coefficient (Wildman–Crippen LogP) is -1.61. The number of ether oxygens (including phenoxy) is 2. The molecule has 0 radical (unpaired) electrons. The lowest BCUT2D eigenvalue weighted by atomic mass is 10.2. The van der Waals surface area contributed by atoms with Gasteiger partial charge in [0, 0.05) is 0 Å². The Hall–Kier alpha value is -1.44. The molecule has 0 unspecified atom stereocenters. The van der Waals surface area contributed by atoms with Gasteiger partial charge in [0.2, 0.25) is 5.91 Å². The van der Waals surface area contributed by atoms with Gasteiger partial charge in [0.15, 0.2) is 0 Å². The maximum atomic E-state index is 11.2. The van der Waals surface area contributed by atoms with Crippen LogP contribution >= 0.6 is 7.60 Å². The number of rotatable bonds is 6. The van der Waals surface area contributed by atoms with E-state index >= 15 is 0 Å². The summed E-state index contributed by atoms with van der Waals surface area (Å²) in [6.07, 6.45) is -1.57. The maximum Gasteiger partial charge on any atom is 0.334 e. The van der Waals surface area contributed by atoms with Crippen molar-refractivity contribution in [1.29, 1.82) is 0 Å². The Balaban J connectivity index is 4.59. The van der Waals surface area contributed by atoms with Crippen LogP contribution in [0.2, 0.25) is 0 Å². The molecule has 0 saturated heterocycles. The molecular formula is C8H14NO8P. The van der Waals surface area contributed by atoms with Gasteiger partial charge in [-0.05, 0) is 0 Å². The number of hydrogen-bond acceptors (Lipinski definition) is 6. The van der Waals surface area contributed by atoms with E-state index < -0.39 is 44.1 Å². The van der Waals surface area contributed by atoms with Crippen molar-refractivity contribution < 1.29 is 38.2 Å². The van der Waals surface area contributed by atoms with Crippen molar-refractivity contribution >= 4 is 25.4 Å². The van der Waals surface area contributed by atoms with Crippen LogP contribution in [0, 0.1) is 0 Å². The summed E-state index contributed by atoms with van der Waals surface area (Å²) in [7, 11) is -2.40. The Morgan fingerprint density at radius 2 is 1.78 bits per heavy atom. The van der Waals surface area contributed by atoms with Crippen LogP contribution in [0.4, 0.5) is 0 Å². The lowest BCUT2D eigenvalue weighted by molar-refractivity contribution is -0.150. The number of amides is 1. The molecule has 9 nitrogen and oxygen atoms in total. The monoisotopic (exact) mass is 283 g/mol. The molecule has 10 heteroatoms. The average Bonchev–Trinajstić information content (AvgIpc) is 2.24. The molecule has 0 aliphatic heterocycles. The van der Waals surface area contributed by atoms with Gasteiger partial charge in [0.25, 0.3) is 0 Å². The zero-order valence-electron chi connectivity index (χ0n) is 9.78. The first-order valence-electron chi connectivity index (χ1n) is 4.68. The van der Waals surface area contributed by atoms with E-state index in [1.807, 2.05) is 5.32 Å². The Morgan fingerprint density at radius 3 is 2.17 bits per heavy atom. The van der Waals surface area contributed by atoms with Crippen molar-refractivity contribution in [3.8, 4) is 0 Å².